The van der Waals surface area contributed by atoms with E-state index in [-0.39, 0.29) is 53.2 Å². The lowest BCUT2D eigenvalue weighted by Crippen LogP contribution is -2.69. The molecule has 1 aromatic rings. The minimum Gasteiger partial charge on any atom is -0.457 e. The van der Waals surface area contributed by atoms with E-state index in [2.05, 4.69) is 11.8 Å². The molecule has 0 bridgehead atoms. The van der Waals surface area contributed by atoms with Crippen LogP contribution < -0.4 is 0 Å². The van der Waals surface area contributed by atoms with Crippen LogP contribution in [0.3, 0.4) is 0 Å². The molecule has 0 spiro atoms. The monoisotopic (exact) mass is 572 g/mol. The number of hydrogen-bond donors (Lipinski definition) is 2. The van der Waals surface area contributed by atoms with Gasteiger partial charge in [-0.25, -0.2) is 4.79 Å². The molecule has 0 radical (unpaired) electrons. The molecule has 2 N–H and O–H groups in total. The molecule has 39 heavy (non-hydrogen) atoms. The molecule has 8 atom stereocenters. The number of fused-ring (bicyclic) bond motifs is 5. The molecule has 5 rings (SSSR count). The highest BCUT2D eigenvalue weighted by atomic mass is 35.5. The highest BCUT2D eigenvalue weighted by molar-refractivity contribution is 8.14. The normalized spacial score (nSPS) is 40.5. The summed E-state index contributed by atoms with van der Waals surface area (Å²) < 4.78 is 11.5. The van der Waals surface area contributed by atoms with E-state index < -0.39 is 33.4 Å². The summed E-state index contributed by atoms with van der Waals surface area (Å²) in [5, 5.41) is 20.6. The van der Waals surface area contributed by atoms with Gasteiger partial charge >= 0.3 is 5.97 Å². The standard InChI is InChI=1S/C30H33ClO7S/c1-18-15-22-21-9-8-19-16-20(33)10-11-27(19,2)29(21,31)24(34)17-28(22,3)30(18,26(36)39-14-5-4-12-32)38-25(35)23-7-6-13-37-23/h6-7,10-11,13,16,18,21-22,24,32,34H,8-9,12,14-15,17H2,1-3H3/t18-,21?,22?,24+,27+,28+,29+,30+/m1/s1. The van der Waals surface area contributed by atoms with Gasteiger partial charge in [-0.1, -0.05) is 56.0 Å². The molecule has 3 fully saturated rings. The van der Waals surface area contributed by atoms with Gasteiger partial charge in [0.15, 0.2) is 11.4 Å². The zero-order chi connectivity index (χ0) is 28.2. The lowest BCUT2D eigenvalue weighted by Gasteiger charge is -2.64. The van der Waals surface area contributed by atoms with Gasteiger partial charge in [-0.3, -0.25) is 9.59 Å². The lowest BCUT2D eigenvalue weighted by molar-refractivity contribution is -0.172. The number of rotatable bonds is 4. The Balaban J connectivity index is 1.59. The van der Waals surface area contributed by atoms with Crippen molar-refractivity contribution in [3.8, 4) is 11.8 Å². The number of esters is 1. The number of ether oxygens (including phenoxy) is 1. The van der Waals surface area contributed by atoms with Crippen molar-refractivity contribution in [1.82, 2.24) is 0 Å². The summed E-state index contributed by atoms with van der Waals surface area (Å²) in [5.41, 5.74) is -2.32. The minimum atomic E-state index is -1.57. The Morgan fingerprint density at radius 3 is 2.74 bits per heavy atom. The average Bonchev–Trinajstić information content (AvgIpc) is 3.50. The predicted octanol–water partition coefficient (Wildman–Crippen LogP) is 4.32. The Kier molecular flexibility index (Phi) is 7.20. The number of carbonyl (C=O) groups excluding carboxylic acids is 3. The van der Waals surface area contributed by atoms with Crippen molar-refractivity contribution in [3.05, 3.63) is 48.0 Å². The van der Waals surface area contributed by atoms with Gasteiger partial charge in [-0.2, -0.15) is 0 Å². The van der Waals surface area contributed by atoms with Crippen LogP contribution in [0.4, 0.5) is 0 Å². The van der Waals surface area contributed by atoms with E-state index in [1.165, 1.54) is 18.4 Å². The van der Waals surface area contributed by atoms with Gasteiger partial charge in [0.2, 0.25) is 10.9 Å². The number of furan rings is 1. The fourth-order valence-corrected chi connectivity index (χ4v) is 9.65. The summed E-state index contributed by atoms with van der Waals surface area (Å²) in [4.78, 5) is 38.6. The van der Waals surface area contributed by atoms with Gasteiger partial charge in [0.05, 0.1) is 23.0 Å². The number of alkyl halides is 1. The predicted molar refractivity (Wildman–Crippen MR) is 147 cm³/mol. The lowest BCUT2D eigenvalue weighted by atomic mass is 9.46. The van der Waals surface area contributed by atoms with Crippen molar-refractivity contribution in [2.24, 2.45) is 28.6 Å². The molecule has 0 amide bonds. The molecule has 4 aliphatic rings. The minimum absolute atomic E-state index is 0.00786. The van der Waals surface area contributed by atoms with Gasteiger partial charge < -0.3 is 19.4 Å². The second-order valence-electron chi connectivity index (χ2n) is 11.6. The summed E-state index contributed by atoms with van der Waals surface area (Å²) in [5.74, 6) is 3.88. The number of carbonyl (C=O) groups is 3. The van der Waals surface area contributed by atoms with Crippen molar-refractivity contribution >= 4 is 40.2 Å². The molecule has 0 aliphatic heterocycles. The van der Waals surface area contributed by atoms with Crippen LogP contribution in [0.25, 0.3) is 0 Å². The quantitative estimate of drug-likeness (QED) is 0.311. The summed E-state index contributed by atoms with van der Waals surface area (Å²) in [6, 6.07) is 3.07. The molecule has 1 heterocycles. The van der Waals surface area contributed by atoms with E-state index in [1.54, 1.807) is 12.1 Å². The molecular weight excluding hydrogens is 540 g/mol. The number of hydrogen-bond acceptors (Lipinski definition) is 8. The SMILES string of the molecule is C[C@@H]1CC2C3CCC4=CC(=O)C=C[C@]4(C)[C@@]3(Cl)[C@@H](O)C[C@]2(C)[C@@]1(OC(=O)c1ccco1)C(=O)SCC#CCO. The highest BCUT2D eigenvalue weighted by Gasteiger charge is 2.76. The first-order chi connectivity index (χ1) is 18.5. The highest BCUT2D eigenvalue weighted by Crippen LogP contribution is 2.72. The van der Waals surface area contributed by atoms with Crippen molar-refractivity contribution < 1.29 is 33.8 Å². The first-order valence-corrected chi connectivity index (χ1v) is 14.6. The van der Waals surface area contributed by atoms with Gasteiger partial charge in [-0.05, 0) is 61.8 Å². The summed E-state index contributed by atoms with van der Waals surface area (Å²) in [6.07, 6.45) is 7.31. The average molecular weight is 573 g/mol. The first-order valence-electron chi connectivity index (χ1n) is 13.3. The Bertz CT molecular complexity index is 1310. The second kappa shape index (κ2) is 9.95. The topological polar surface area (TPSA) is 114 Å². The maximum absolute atomic E-state index is 14.1. The first kappa shape index (κ1) is 28.2. The van der Waals surface area contributed by atoms with Gasteiger partial charge in [-0.15, -0.1) is 11.6 Å². The Morgan fingerprint density at radius 1 is 1.28 bits per heavy atom. The van der Waals surface area contributed by atoms with Crippen molar-refractivity contribution in [2.75, 3.05) is 12.4 Å². The van der Waals surface area contributed by atoms with E-state index in [0.717, 1.165) is 17.3 Å². The summed E-state index contributed by atoms with van der Waals surface area (Å²) in [6.45, 7) is 5.51. The number of thioether (sulfide) groups is 1. The maximum atomic E-state index is 14.1. The molecule has 4 aliphatic carbocycles. The number of aliphatic hydroxyl groups is 2. The number of aliphatic hydroxyl groups excluding tert-OH is 2. The molecular formula is C30H33ClO7S. The molecule has 0 aromatic carbocycles. The number of halogens is 1. The van der Waals surface area contributed by atoms with E-state index in [1.807, 2.05) is 26.8 Å². The van der Waals surface area contributed by atoms with Crippen LogP contribution >= 0.6 is 23.4 Å². The summed E-state index contributed by atoms with van der Waals surface area (Å²) >= 11 is 8.49. The van der Waals surface area contributed by atoms with E-state index in [9.17, 15) is 19.5 Å². The fraction of sp³-hybridized carbons (Fsp3) is 0.567. The fourth-order valence-electron chi connectivity index (χ4n) is 8.13. The van der Waals surface area contributed by atoms with E-state index >= 15 is 0 Å². The zero-order valence-electron chi connectivity index (χ0n) is 22.2. The van der Waals surface area contributed by atoms with Crippen LogP contribution in [0.15, 0.2) is 46.6 Å². The van der Waals surface area contributed by atoms with Crippen LogP contribution in [0.1, 0.15) is 57.0 Å². The number of ketones is 1. The Hall–Kier alpha value is -2.31. The number of allylic oxidation sites excluding steroid dienone is 4. The van der Waals surface area contributed by atoms with Crippen LogP contribution in [-0.2, 0) is 14.3 Å². The van der Waals surface area contributed by atoms with Crippen molar-refractivity contribution in [2.45, 2.75) is 63.0 Å². The molecule has 208 valence electrons. The molecule has 3 saturated carbocycles. The van der Waals surface area contributed by atoms with E-state index in [4.69, 9.17) is 25.9 Å². The van der Waals surface area contributed by atoms with Gasteiger partial charge in [0.25, 0.3) is 0 Å². The zero-order valence-corrected chi connectivity index (χ0v) is 23.8. The Labute approximate surface area is 237 Å². The van der Waals surface area contributed by atoms with Crippen molar-refractivity contribution in [1.29, 1.82) is 0 Å². The molecule has 9 heteroatoms. The van der Waals surface area contributed by atoms with Gasteiger partial charge in [0, 0.05) is 16.7 Å². The third kappa shape index (κ3) is 3.92. The third-order valence-electron chi connectivity index (χ3n) is 9.94. The van der Waals surface area contributed by atoms with Gasteiger partial charge in [0.1, 0.15) is 6.61 Å². The smallest absolute Gasteiger partial charge is 0.375 e. The second-order valence-corrected chi connectivity index (χ2v) is 13.2. The van der Waals surface area contributed by atoms with Crippen molar-refractivity contribution in [3.63, 3.8) is 0 Å². The third-order valence-corrected chi connectivity index (χ3v) is 11.7. The molecule has 2 unspecified atom stereocenters. The van der Waals surface area contributed by atoms with Crippen LogP contribution in [-0.4, -0.2) is 56.0 Å². The summed E-state index contributed by atoms with van der Waals surface area (Å²) in [7, 11) is 0. The van der Waals surface area contributed by atoms with E-state index in [0.29, 0.717) is 19.3 Å². The Morgan fingerprint density at radius 2 is 2.05 bits per heavy atom. The largest absolute Gasteiger partial charge is 0.457 e. The van der Waals surface area contributed by atoms with Crippen LogP contribution in [0.2, 0.25) is 0 Å². The maximum Gasteiger partial charge on any atom is 0.375 e. The molecule has 7 nitrogen and oxygen atoms in total. The molecule has 1 aromatic heterocycles. The van der Waals surface area contributed by atoms with Crippen LogP contribution in [0, 0.1) is 40.4 Å². The molecule has 0 saturated heterocycles. The van der Waals surface area contributed by atoms with Crippen LogP contribution in [0.5, 0.6) is 0 Å².